The van der Waals surface area contributed by atoms with E-state index in [0.717, 1.165) is 22.4 Å². The summed E-state index contributed by atoms with van der Waals surface area (Å²) < 4.78 is 11.3. The minimum absolute atomic E-state index is 0.0917. The zero-order valence-electron chi connectivity index (χ0n) is 18.7. The highest BCUT2D eigenvalue weighted by Crippen LogP contribution is 2.48. The Kier molecular flexibility index (Phi) is 6.55. The Balaban J connectivity index is 1.42. The number of nitro groups is 1. The quantitative estimate of drug-likeness (QED) is 0.373. The first-order valence-electron chi connectivity index (χ1n) is 11.2. The van der Waals surface area contributed by atoms with E-state index in [9.17, 15) is 10.1 Å². The van der Waals surface area contributed by atoms with Crippen LogP contribution in [0.3, 0.4) is 0 Å². The number of rotatable bonds is 7. The smallest absolute Gasteiger partial charge is 0.341 e. The van der Waals surface area contributed by atoms with Gasteiger partial charge in [-0.15, -0.1) is 0 Å². The molecule has 0 bridgehead atoms. The van der Waals surface area contributed by atoms with E-state index in [4.69, 9.17) is 19.1 Å². The fourth-order valence-corrected chi connectivity index (χ4v) is 4.79. The predicted octanol–water partition coefficient (Wildman–Crippen LogP) is 4.66. The van der Waals surface area contributed by atoms with Gasteiger partial charge in [-0.05, 0) is 28.8 Å². The van der Waals surface area contributed by atoms with Gasteiger partial charge in [-0.2, -0.15) is 4.84 Å². The van der Waals surface area contributed by atoms with Crippen molar-refractivity contribution in [2.24, 2.45) is 0 Å². The molecule has 0 spiro atoms. The van der Waals surface area contributed by atoms with Crippen LogP contribution in [0.4, 0.5) is 0 Å². The van der Waals surface area contributed by atoms with Crippen molar-refractivity contribution in [2.45, 2.75) is 43.4 Å². The first kappa shape index (κ1) is 22.5. The van der Waals surface area contributed by atoms with Crippen LogP contribution in [-0.4, -0.2) is 35.8 Å². The van der Waals surface area contributed by atoms with Gasteiger partial charge in [0.2, 0.25) is 0 Å². The summed E-state index contributed by atoms with van der Waals surface area (Å²) in [6.45, 7) is 0.329. The molecule has 0 radical (unpaired) electrons. The third kappa shape index (κ3) is 4.53. The van der Waals surface area contributed by atoms with E-state index in [2.05, 4.69) is 0 Å². The van der Waals surface area contributed by atoms with Crippen LogP contribution in [0.25, 0.3) is 0 Å². The molecule has 2 aliphatic rings. The van der Waals surface area contributed by atoms with Gasteiger partial charge >= 0.3 is 6.23 Å². The first-order valence-corrected chi connectivity index (χ1v) is 11.2. The lowest BCUT2D eigenvalue weighted by atomic mass is 9.78. The summed E-state index contributed by atoms with van der Waals surface area (Å²) in [5.74, 6) is 0.183. The molecule has 2 saturated heterocycles. The Morgan fingerprint density at radius 1 is 0.941 bits per heavy atom. The zero-order valence-corrected chi connectivity index (χ0v) is 18.7. The van der Waals surface area contributed by atoms with Crippen molar-refractivity contribution in [1.82, 2.24) is 5.23 Å². The Hall–Kier alpha value is -3.30. The number of hydrogen-bond donors (Lipinski definition) is 0. The Morgan fingerprint density at radius 3 is 2.21 bits per heavy atom. The molecule has 5 atom stereocenters. The van der Waals surface area contributed by atoms with E-state index >= 15 is 0 Å². The summed E-state index contributed by atoms with van der Waals surface area (Å²) in [5.41, 5.74) is 2.88. The topological polar surface area (TPSA) is 83.3 Å². The largest absolute Gasteiger partial charge is 0.497 e. The average molecular weight is 463 g/mol. The second-order valence-electron chi connectivity index (χ2n) is 8.44. The molecule has 3 unspecified atom stereocenters. The van der Waals surface area contributed by atoms with Crippen molar-refractivity contribution in [2.75, 3.05) is 7.11 Å². The summed E-state index contributed by atoms with van der Waals surface area (Å²) >= 11 is 0. The maximum absolute atomic E-state index is 12.0. The van der Waals surface area contributed by atoms with E-state index in [1.165, 1.54) is 5.23 Å². The van der Waals surface area contributed by atoms with E-state index in [0.29, 0.717) is 13.0 Å². The highest BCUT2D eigenvalue weighted by molar-refractivity contribution is 5.29. The van der Waals surface area contributed by atoms with Crippen LogP contribution in [-0.2, 0) is 21.0 Å². The van der Waals surface area contributed by atoms with E-state index in [-0.39, 0.29) is 16.9 Å². The minimum atomic E-state index is -1.25. The lowest BCUT2D eigenvalue weighted by Crippen LogP contribution is -2.46. The molecule has 3 aromatic carbocycles. The normalized spacial score (nSPS) is 26.7. The third-order valence-electron chi connectivity index (χ3n) is 6.43. The van der Waals surface area contributed by atoms with Crippen LogP contribution in [0.1, 0.15) is 34.9 Å². The summed E-state index contributed by atoms with van der Waals surface area (Å²) in [6, 6.07) is 26.7. The highest BCUT2D eigenvalue weighted by atomic mass is 17.0. The standard InChI is InChI=1S/C26H26N2O6/c1-31-21-14-12-18(13-15-21)17-32-23-16-22(19-8-4-2-5-9-19)25-24(20-10-6-3-7-11-20)26(27(29)30)34-28(25)33-23/h2-15,22-26H,16-17H2,1H3/t22-,23+,24?,25?,26?/m0/s1. The molecule has 0 saturated carbocycles. The number of fused-ring (bicyclic) bond motifs is 1. The molecule has 0 aliphatic carbocycles. The average Bonchev–Trinajstić information content (AvgIpc) is 3.28. The first-order chi connectivity index (χ1) is 16.6. The van der Waals surface area contributed by atoms with Gasteiger partial charge in [0.05, 0.1) is 24.7 Å². The van der Waals surface area contributed by atoms with Crippen molar-refractivity contribution in [1.29, 1.82) is 0 Å². The van der Waals surface area contributed by atoms with E-state index < -0.39 is 18.4 Å². The lowest BCUT2D eigenvalue weighted by Gasteiger charge is -2.39. The van der Waals surface area contributed by atoms with Gasteiger partial charge in [0, 0.05) is 12.3 Å². The fourth-order valence-electron chi connectivity index (χ4n) is 4.79. The van der Waals surface area contributed by atoms with Crippen LogP contribution in [0.15, 0.2) is 84.9 Å². The monoisotopic (exact) mass is 462 g/mol. The number of benzene rings is 3. The molecule has 2 fully saturated rings. The molecule has 8 nitrogen and oxygen atoms in total. The van der Waals surface area contributed by atoms with Crippen LogP contribution in [0, 0.1) is 10.1 Å². The third-order valence-corrected chi connectivity index (χ3v) is 6.43. The second-order valence-corrected chi connectivity index (χ2v) is 8.44. The Bertz CT molecular complexity index is 1100. The highest BCUT2D eigenvalue weighted by Gasteiger charge is 2.58. The second kappa shape index (κ2) is 9.90. The number of nitrogens with zero attached hydrogens (tertiary/aromatic N) is 2. The number of methoxy groups -OCH3 is 1. The van der Waals surface area contributed by atoms with Crippen molar-refractivity contribution < 1.29 is 24.1 Å². The van der Waals surface area contributed by atoms with Gasteiger partial charge in [0.15, 0.2) is 6.29 Å². The molecule has 0 aromatic heterocycles. The van der Waals surface area contributed by atoms with Gasteiger partial charge < -0.3 is 9.47 Å². The van der Waals surface area contributed by atoms with E-state index in [1.807, 2.05) is 84.9 Å². The van der Waals surface area contributed by atoms with Gasteiger partial charge in [-0.25, -0.2) is 4.84 Å². The van der Waals surface area contributed by atoms with Crippen molar-refractivity contribution >= 4 is 0 Å². The zero-order chi connectivity index (χ0) is 23.5. The van der Waals surface area contributed by atoms with Gasteiger partial charge in [0.25, 0.3) is 0 Å². The summed E-state index contributed by atoms with van der Waals surface area (Å²) in [6.07, 6.45) is -1.33. The lowest BCUT2D eigenvalue weighted by molar-refractivity contribution is -0.607. The SMILES string of the molecule is COc1ccc(CO[C@H]2C[C@@H](c3ccccc3)C3C(c4ccccc4)C([N+](=O)[O-])ON3O2)cc1. The van der Waals surface area contributed by atoms with Crippen molar-refractivity contribution in [3.63, 3.8) is 0 Å². The molecule has 34 heavy (non-hydrogen) atoms. The van der Waals surface area contributed by atoms with Crippen LogP contribution >= 0.6 is 0 Å². The van der Waals surface area contributed by atoms with Crippen LogP contribution in [0.2, 0.25) is 0 Å². The van der Waals surface area contributed by atoms with Crippen molar-refractivity contribution in [3.05, 3.63) is 112 Å². The molecule has 3 aromatic rings. The molecule has 0 N–H and O–H groups in total. The molecular formula is C26H26N2O6. The number of ether oxygens (including phenoxy) is 2. The van der Waals surface area contributed by atoms with E-state index in [1.54, 1.807) is 7.11 Å². The van der Waals surface area contributed by atoms with Gasteiger partial charge in [0.1, 0.15) is 11.7 Å². The molecule has 8 heteroatoms. The maximum atomic E-state index is 12.0. The summed E-state index contributed by atoms with van der Waals surface area (Å²) in [7, 11) is 1.62. The molecule has 5 rings (SSSR count). The molecular weight excluding hydrogens is 436 g/mol. The van der Waals surface area contributed by atoms with Gasteiger partial charge in [-0.3, -0.25) is 10.1 Å². The van der Waals surface area contributed by atoms with Crippen LogP contribution in [0.5, 0.6) is 5.75 Å². The van der Waals surface area contributed by atoms with Gasteiger partial charge in [-0.1, -0.05) is 78.0 Å². The maximum Gasteiger partial charge on any atom is 0.341 e. The molecule has 2 heterocycles. The van der Waals surface area contributed by atoms with Crippen LogP contribution < -0.4 is 4.74 Å². The van der Waals surface area contributed by atoms with Crippen molar-refractivity contribution in [3.8, 4) is 5.75 Å². The molecule has 2 aliphatic heterocycles. The summed E-state index contributed by atoms with van der Waals surface area (Å²) in [4.78, 5) is 23.4. The predicted molar refractivity (Wildman–Crippen MR) is 123 cm³/mol. The molecule has 176 valence electrons. The number of hydroxylamine groups is 2. The summed E-state index contributed by atoms with van der Waals surface area (Å²) in [5, 5.41) is 13.3. The molecule has 0 amide bonds. The number of hydrogen-bond acceptors (Lipinski definition) is 7. The Labute approximate surface area is 197 Å². The fraction of sp³-hybridized carbons (Fsp3) is 0.308. The minimum Gasteiger partial charge on any atom is -0.497 e. The Morgan fingerprint density at radius 2 is 1.59 bits per heavy atom.